The van der Waals surface area contributed by atoms with Gasteiger partial charge in [-0.15, -0.1) is 0 Å². The van der Waals surface area contributed by atoms with Crippen molar-refractivity contribution in [3.05, 3.63) is 65.7 Å². The molecule has 3 rings (SSSR count). The Morgan fingerprint density at radius 1 is 0.833 bits per heavy atom. The number of hydrogen-bond acceptors (Lipinski definition) is 0. The molecule has 0 aliphatic heterocycles. The first kappa shape index (κ1) is 17.0. The Bertz CT molecular complexity index is 658. The lowest BCUT2D eigenvalue weighted by molar-refractivity contribution is 0.434. The van der Waals surface area contributed by atoms with Crippen molar-refractivity contribution >= 4 is 5.57 Å². The van der Waals surface area contributed by atoms with Gasteiger partial charge in [0.2, 0.25) is 0 Å². The lowest BCUT2D eigenvalue weighted by Crippen LogP contribution is -2.05. The molecule has 0 heterocycles. The van der Waals surface area contributed by atoms with E-state index in [1.54, 1.807) is 5.57 Å². The Kier molecular flexibility index (Phi) is 5.91. The Labute approximate surface area is 147 Å². The van der Waals surface area contributed by atoms with E-state index in [9.17, 15) is 0 Å². The zero-order chi connectivity index (χ0) is 16.8. The van der Waals surface area contributed by atoms with E-state index in [2.05, 4.69) is 68.5 Å². The van der Waals surface area contributed by atoms with Gasteiger partial charge in [0.05, 0.1) is 0 Å². The van der Waals surface area contributed by atoms with Crippen molar-refractivity contribution in [1.29, 1.82) is 0 Å². The lowest BCUT2D eigenvalue weighted by Gasteiger charge is -2.22. The van der Waals surface area contributed by atoms with E-state index >= 15 is 0 Å². The van der Waals surface area contributed by atoms with Gasteiger partial charge in [0.15, 0.2) is 0 Å². The quantitative estimate of drug-likeness (QED) is 0.524. The SMILES string of the molecule is CCCCC1CC=C(c2ccc(-c3ccc(CC)cc3)cc2)CC1. The van der Waals surface area contributed by atoms with Crippen molar-refractivity contribution in [3.63, 3.8) is 0 Å². The molecule has 126 valence electrons. The smallest absolute Gasteiger partial charge is 0.0184 e. The van der Waals surface area contributed by atoms with E-state index in [4.69, 9.17) is 0 Å². The van der Waals surface area contributed by atoms with Crippen LogP contribution < -0.4 is 0 Å². The molecule has 0 spiro atoms. The summed E-state index contributed by atoms with van der Waals surface area (Å²) in [5, 5.41) is 0. The van der Waals surface area contributed by atoms with E-state index in [-0.39, 0.29) is 0 Å². The predicted molar refractivity (Wildman–Crippen MR) is 106 cm³/mol. The molecule has 0 fully saturated rings. The highest BCUT2D eigenvalue weighted by Crippen LogP contribution is 2.33. The molecule has 0 saturated heterocycles. The van der Waals surface area contributed by atoms with E-state index in [0.717, 1.165) is 12.3 Å². The van der Waals surface area contributed by atoms with Crippen LogP contribution in [0.5, 0.6) is 0 Å². The van der Waals surface area contributed by atoms with E-state index in [1.807, 2.05) is 0 Å². The first-order valence-corrected chi connectivity index (χ1v) is 9.69. The molecule has 0 aromatic heterocycles. The molecular formula is C24H30. The molecule has 0 amide bonds. The standard InChI is InChI=1S/C24H30/c1-3-5-6-20-9-13-22(14-10-20)24-17-15-23(16-18-24)21-11-7-19(4-2)8-12-21/h7-8,11-13,15-18,20H,3-6,9-10,14H2,1-2H3. The molecule has 2 aromatic carbocycles. The molecule has 1 atom stereocenters. The predicted octanol–water partition coefficient (Wildman–Crippen LogP) is 7.29. The minimum Gasteiger partial charge on any atom is -0.0804 e. The van der Waals surface area contributed by atoms with Crippen molar-refractivity contribution in [3.8, 4) is 11.1 Å². The average Bonchev–Trinajstić information content (AvgIpc) is 2.67. The molecule has 24 heavy (non-hydrogen) atoms. The molecule has 1 unspecified atom stereocenters. The molecule has 0 saturated carbocycles. The first-order valence-electron chi connectivity index (χ1n) is 9.69. The molecule has 0 radical (unpaired) electrons. The second-order valence-corrected chi connectivity index (χ2v) is 7.14. The zero-order valence-electron chi connectivity index (χ0n) is 15.2. The van der Waals surface area contributed by atoms with Gasteiger partial charge >= 0.3 is 0 Å². The average molecular weight is 319 g/mol. The van der Waals surface area contributed by atoms with Crippen LogP contribution in [0.4, 0.5) is 0 Å². The summed E-state index contributed by atoms with van der Waals surface area (Å²) >= 11 is 0. The Morgan fingerprint density at radius 2 is 1.46 bits per heavy atom. The summed E-state index contributed by atoms with van der Waals surface area (Å²) in [4.78, 5) is 0. The third-order valence-corrected chi connectivity index (χ3v) is 5.44. The summed E-state index contributed by atoms with van der Waals surface area (Å²) in [7, 11) is 0. The molecule has 1 aliphatic rings. The molecule has 0 N–H and O–H groups in total. The van der Waals surface area contributed by atoms with Crippen LogP contribution in [-0.4, -0.2) is 0 Å². The highest BCUT2D eigenvalue weighted by Gasteiger charge is 2.15. The molecule has 0 nitrogen and oxygen atoms in total. The fraction of sp³-hybridized carbons (Fsp3) is 0.417. The fourth-order valence-corrected chi connectivity index (χ4v) is 3.72. The Hall–Kier alpha value is -1.82. The van der Waals surface area contributed by atoms with E-state index in [0.29, 0.717) is 0 Å². The molecule has 0 bridgehead atoms. The van der Waals surface area contributed by atoms with E-state index < -0.39 is 0 Å². The Morgan fingerprint density at radius 3 is 2.00 bits per heavy atom. The summed E-state index contributed by atoms with van der Waals surface area (Å²) in [6, 6.07) is 18.1. The molecular weight excluding hydrogens is 288 g/mol. The van der Waals surface area contributed by atoms with Gasteiger partial charge in [0.1, 0.15) is 0 Å². The molecule has 0 heteroatoms. The van der Waals surface area contributed by atoms with Crippen LogP contribution in [0, 0.1) is 5.92 Å². The van der Waals surface area contributed by atoms with Gasteiger partial charge in [-0.1, -0.05) is 87.7 Å². The van der Waals surface area contributed by atoms with Crippen LogP contribution in [0.15, 0.2) is 54.6 Å². The fourth-order valence-electron chi connectivity index (χ4n) is 3.72. The van der Waals surface area contributed by atoms with Gasteiger partial charge in [-0.3, -0.25) is 0 Å². The van der Waals surface area contributed by atoms with Gasteiger partial charge in [-0.05, 0) is 59.4 Å². The minimum absolute atomic E-state index is 0.921. The van der Waals surface area contributed by atoms with Gasteiger partial charge < -0.3 is 0 Å². The number of aryl methyl sites for hydroxylation is 1. The molecule has 1 aliphatic carbocycles. The van der Waals surface area contributed by atoms with Crippen LogP contribution in [0.3, 0.4) is 0 Å². The Balaban J connectivity index is 1.67. The van der Waals surface area contributed by atoms with Crippen LogP contribution in [0.2, 0.25) is 0 Å². The van der Waals surface area contributed by atoms with Crippen LogP contribution in [0.1, 0.15) is 63.5 Å². The third kappa shape index (κ3) is 4.17. The lowest BCUT2D eigenvalue weighted by atomic mass is 9.84. The topological polar surface area (TPSA) is 0 Å². The van der Waals surface area contributed by atoms with Crippen LogP contribution >= 0.6 is 0 Å². The van der Waals surface area contributed by atoms with Crippen molar-refractivity contribution in [2.75, 3.05) is 0 Å². The second-order valence-electron chi connectivity index (χ2n) is 7.14. The third-order valence-electron chi connectivity index (χ3n) is 5.44. The maximum absolute atomic E-state index is 2.49. The first-order chi connectivity index (χ1) is 11.8. The summed E-state index contributed by atoms with van der Waals surface area (Å²) in [6.45, 7) is 4.50. The minimum atomic E-state index is 0.921. The largest absolute Gasteiger partial charge is 0.0804 e. The van der Waals surface area contributed by atoms with Crippen molar-refractivity contribution in [1.82, 2.24) is 0 Å². The number of hydrogen-bond donors (Lipinski definition) is 0. The monoisotopic (exact) mass is 318 g/mol. The van der Waals surface area contributed by atoms with Gasteiger partial charge in [0, 0.05) is 0 Å². The van der Waals surface area contributed by atoms with Gasteiger partial charge in [0.25, 0.3) is 0 Å². The number of benzene rings is 2. The maximum Gasteiger partial charge on any atom is -0.0184 e. The summed E-state index contributed by atoms with van der Waals surface area (Å²) in [5.41, 5.74) is 7.00. The normalized spacial score (nSPS) is 17.6. The summed E-state index contributed by atoms with van der Waals surface area (Å²) in [5.74, 6) is 0.921. The van der Waals surface area contributed by atoms with Crippen molar-refractivity contribution in [2.24, 2.45) is 5.92 Å². The number of allylic oxidation sites excluding steroid dienone is 2. The second kappa shape index (κ2) is 8.33. The summed E-state index contributed by atoms with van der Waals surface area (Å²) in [6.07, 6.45) is 11.6. The van der Waals surface area contributed by atoms with Gasteiger partial charge in [-0.25, -0.2) is 0 Å². The highest BCUT2D eigenvalue weighted by atomic mass is 14.2. The maximum atomic E-state index is 2.49. The number of rotatable bonds is 6. The summed E-state index contributed by atoms with van der Waals surface area (Å²) < 4.78 is 0. The van der Waals surface area contributed by atoms with Crippen molar-refractivity contribution < 1.29 is 0 Å². The molecule has 2 aromatic rings. The van der Waals surface area contributed by atoms with E-state index in [1.165, 1.54) is 60.8 Å². The van der Waals surface area contributed by atoms with Crippen LogP contribution in [0.25, 0.3) is 16.7 Å². The van der Waals surface area contributed by atoms with Gasteiger partial charge in [-0.2, -0.15) is 0 Å². The van der Waals surface area contributed by atoms with Crippen LogP contribution in [-0.2, 0) is 6.42 Å². The highest BCUT2D eigenvalue weighted by molar-refractivity contribution is 5.71. The number of unbranched alkanes of at least 4 members (excludes halogenated alkanes) is 1. The zero-order valence-corrected chi connectivity index (χ0v) is 15.2. The van der Waals surface area contributed by atoms with Crippen molar-refractivity contribution in [2.45, 2.75) is 58.8 Å².